The van der Waals surface area contributed by atoms with Crippen LogP contribution in [0.3, 0.4) is 0 Å². The van der Waals surface area contributed by atoms with Crippen molar-refractivity contribution in [3.8, 4) is 0 Å². The molecule has 0 radical (unpaired) electrons. The van der Waals surface area contributed by atoms with Gasteiger partial charge in [0.25, 0.3) is 0 Å². The molecule has 0 amide bonds. The number of nitrogens with one attached hydrogen (secondary N) is 1. The number of hydrogen-bond acceptors (Lipinski definition) is 4. The Hall–Kier alpha value is -1.12. The lowest BCUT2D eigenvalue weighted by atomic mass is 9.99. The van der Waals surface area contributed by atoms with E-state index in [0.717, 1.165) is 22.2 Å². The molecule has 4 N–H and O–H groups in total. The molecule has 6 heteroatoms. The maximum absolute atomic E-state index is 10.3. The maximum atomic E-state index is 10.3. The van der Waals surface area contributed by atoms with Gasteiger partial charge in [-0.25, -0.2) is 4.98 Å². The fourth-order valence-electron chi connectivity index (χ4n) is 2.21. The molecule has 0 fully saturated rings. The van der Waals surface area contributed by atoms with Gasteiger partial charge in [-0.2, -0.15) is 0 Å². The molecule has 1 unspecified atom stereocenters. The van der Waals surface area contributed by atoms with Crippen LogP contribution in [0.2, 0.25) is 0 Å². The molecule has 0 saturated carbocycles. The molecule has 0 aliphatic heterocycles. The van der Waals surface area contributed by atoms with Gasteiger partial charge in [-0.1, -0.05) is 12.1 Å². The summed E-state index contributed by atoms with van der Waals surface area (Å²) in [4.78, 5) is 4.22. The highest BCUT2D eigenvalue weighted by Crippen LogP contribution is 2.17. The van der Waals surface area contributed by atoms with E-state index in [1.54, 1.807) is 0 Å². The second-order valence-electron chi connectivity index (χ2n) is 6.13. The van der Waals surface area contributed by atoms with Crippen molar-refractivity contribution in [2.45, 2.75) is 38.5 Å². The summed E-state index contributed by atoms with van der Waals surface area (Å²) in [5.41, 5.74) is 7.19. The molecule has 1 aromatic heterocycles. The number of β-amino-alcohol motifs (C(OH)–C–C–N with tert-alkyl or cyclic N) is 1. The van der Waals surface area contributed by atoms with Crippen molar-refractivity contribution in [1.29, 1.82) is 0 Å². The quantitative estimate of drug-likeness (QED) is 0.481. The van der Waals surface area contributed by atoms with Gasteiger partial charge < -0.3 is 20.7 Å². The molecule has 2 aromatic rings. The van der Waals surface area contributed by atoms with Gasteiger partial charge in [0.2, 0.25) is 0 Å². The van der Waals surface area contributed by atoms with Crippen molar-refractivity contribution >= 4 is 28.3 Å². The highest BCUT2D eigenvalue weighted by atomic mass is 127. The number of aliphatic hydroxyl groups excluding tert-OH is 1. The van der Waals surface area contributed by atoms with Gasteiger partial charge in [0.1, 0.15) is 3.70 Å². The lowest BCUT2D eigenvalue weighted by molar-refractivity contribution is 0.158. The number of aromatic nitrogens is 2. The molecule has 0 aliphatic carbocycles. The number of aryl methyl sites for hydroxylation is 1. The largest absolute Gasteiger partial charge is 0.399 e. The normalized spacial score (nSPS) is 13.3. The minimum Gasteiger partial charge on any atom is -0.399 e. The van der Waals surface area contributed by atoms with Crippen LogP contribution in [0.5, 0.6) is 0 Å². The van der Waals surface area contributed by atoms with E-state index < -0.39 is 6.10 Å². The van der Waals surface area contributed by atoms with Crippen molar-refractivity contribution < 1.29 is 5.11 Å². The smallest absolute Gasteiger partial charge is 0.119 e. The summed E-state index contributed by atoms with van der Waals surface area (Å²) in [7, 11) is 0. The van der Waals surface area contributed by atoms with Crippen LogP contribution in [-0.4, -0.2) is 26.7 Å². The van der Waals surface area contributed by atoms with Gasteiger partial charge in [-0.05, 0) is 60.6 Å². The van der Waals surface area contributed by atoms with Crippen LogP contribution in [0.15, 0.2) is 36.8 Å². The summed E-state index contributed by atoms with van der Waals surface area (Å²) in [6, 6.07) is 7.38. The van der Waals surface area contributed by atoms with Gasteiger partial charge in [0.15, 0.2) is 0 Å². The molecule has 120 valence electrons. The zero-order valence-electron chi connectivity index (χ0n) is 13.0. The molecule has 1 aromatic carbocycles. The molecule has 2 rings (SSSR count). The highest BCUT2D eigenvalue weighted by molar-refractivity contribution is 14.1. The third-order valence-corrected chi connectivity index (χ3v) is 4.22. The average molecular weight is 414 g/mol. The van der Waals surface area contributed by atoms with Crippen LogP contribution in [-0.2, 0) is 6.54 Å². The number of hydrogen-bond donors (Lipinski definition) is 3. The van der Waals surface area contributed by atoms with E-state index in [4.69, 9.17) is 5.73 Å². The minimum absolute atomic E-state index is 0.0724. The number of imidazole rings is 1. The first-order valence-electron chi connectivity index (χ1n) is 7.31. The van der Waals surface area contributed by atoms with E-state index in [1.807, 2.05) is 36.8 Å². The third kappa shape index (κ3) is 5.26. The second-order valence-corrected chi connectivity index (χ2v) is 7.24. The molecule has 22 heavy (non-hydrogen) atoms. The first kappa shape index (κ1) is 17.2. The Kier molecular flexibility index (Phi) is 5.82. The minimum atomic E-state index is -0.558. The number of benzene rings is 1. The summed E-state index contributed by atoms with van der Waals surface area (Å²) in [6.07, 6.45) is 4.26. The number of rotatable bonds is 7. The monoisotopic (exact) mass is 414 g/mol. The molecule has 5 nitrogen and oxygen atoms in total. The molecule has 1 heterocycles. The number of nitrogens with two attached hydrogens (primary N) is 1. The van der Waals surface area contributed by atoms with E-state index in [1.165, 1.54) is 0 Å². The molecular formula is C16H23IN4O. The fourth-order valence-corrected chi connectivity index (χ4v) is 2.69. The predicted molar refractivity (Wildman–Crippen MR) is 97.5 cm³/mol. The summed E-state index contributed by atoms with van der Waals surface area (Å²) >= 11 is 2.20. The second kappa shape index (κ2) is 7.43. The molecule has 0 aliphatic rings. The fraction of sp³-hybridized carbons (Fsp3) is 0.438. The van der Waals surface area contributed by atoms with Crippen LogP contribution in [0.4, 0.5) is 5.69 Å². The predicted octanol–water partition coefficient (Wildman–Crippen LogP) is 2.56. The topological polar surface area (TPSA) is 76.1 Å². The van der Waals surface area contributed by atoms with Crippen LogP contribution in [0, 0.1) is 3.70 Å². The number of nitrogen functional groups attached to an aromatic ring is 1. The number of halogens is 1. The van der Waals surface area contributed by atoms with Crippen molar-refractivity contribution in [2.75, 3.05) is 12.3 Å². The van der Waals surface area contributed by atoms with Crippen molar-refractivity contribution in [1.82, 2.24) is 14.9 Å². The lowest BCUT2D eigenvalue weighted by Crippen LogP contribution is -2.42. The SMILES string of the molecule is CC(C)(CCn1cnc(I)c1)NCC(O)c1cccc(N)c1. The Bertz CT molecular complexity index is 612. The highest BCUT2D eigenvalue weighted by Gasteiger charge is 2.19. The summed E-state index contributed by atoms with van der Waals surface area (Å²) in [6.45, 7) is 5.67. The van der Waals surface area contributed by atoms with Gasteiger partial charge in [-0.15, -0.1) is 0 Å². The Labute approximate surface area is 145 Å². The van der Waals surface area contributed by atoms with Gasteiger partial charge in [-0.3, -0.25) is 0 Å². The van der Waals surface area contributed by atoms with E-state index >= 15 is 0 Å². The first-order chi connectivity index (χ1) is 10.4. The van der Waals surface area contributed by atoms with Crippen LogP contribution >= 0.6 is 22.6 Å². The van der Waals surface area contributed by atoms with Gasteiger partial charge in [0, 0.05) is 30.5 Å². The average Bonchev–Trinajstić information content (AvgIpc) is 2.89. The molecule has 0 saturated heterocycles. The van der Waals surface area contributed by atoms with Crippen LogP contribution < -0.4 is 11.1 Å². The van der Waals surface area contributed by atoms with Crippen molar-refractivity contribution in [3.05, 3.63) is 46.1 Å². The first-order valence-corrected chi connectivity index (χ1v) is 8.39. The number of anilines is 1. The van der Waals surface area contributed by atoms with Gasteiger partial charge >= 0.3 is 0 Å². The summed E-state index contributed by atoms with van der Waals surface area (Å²) < 4.78 is 3.08. The number of aliphatic hydroxyl groups is 1. The van der Waals surface area contributed by atoms with Crippen LogP contribution in [0.25, 0.3) is 0 Å². The van der Waals surface area contributed by atoms with Gasteiger partial charge in [0.05, 0.1) is 12.4 Å². The van der Waals surface area contributed by atoms with E-state index in [-0.39, 0.29) is 5.54 Å². The maximum Gasteiger partial charge on any atom is 0.119 e. The van der Waals surface area contributed by atoms with Crippen molar-refractivity contribution in [3.63, 3.8) is 0 Å². The molecule has 1 atom stereocenters. The summed E-state index contributed by atoms with van der Waals surface area (Å²) in [5.74, 6) is 0. The van der Waals surface area contributed by atoms with Crippen molar-refractivity contribution in [2.24, 2.45) is 0 Å². The molecule has 0 spiro atoms. The zero-order chi connectivity index (χ0) is 16.2. The Balaban J connectivity index is 1.83. The third-order valence-electron chi connectivity index (χ3n) is 3.67. The number of nitrogens with zero attached hydrogens (tertiary/aromatic N) is 2. The van der Waals surface area contributed by atoms with E-state index in [0.29, 0.717) is 12.2 Å². The van der Waals surface area contributed by atoms with E-state index in [9.17, 15) is 5.11 Å². The molecule has 0 bridgehead atoms. The van der Waals surface area contributed by atoms with E-state index in [2.05, 4.69) is 51.3 Å². The molecular weight excluding hydrogens is 391 g/mol. The summed E-state index contributed by atoms with van der Waals surface area (Å²) in [5, 5.41) is 13.7. The Morgan fingerprint density at radius 3 is 2.86 bits per heavy atom. The van der Waals surface area contributed by atoms with Crippen LogP contribution in [0.1, 0.15) is 31.9 Å². The standard InChI is InChI=1S/C16H23IN4O/c1-16(2,6-7-21-10-15(17)19-11-21)20-9-14(22)12-4-3-5-13(18)8-12/h3-5,8,10-11,14,20,22H,6-7,9,18H2,1-2H3. The Morgan fingerprint density at radius 1 is 1.45 bits per heavy atom. The zero-order valence-corrected chi connectivity index (χ0v) is 15.1. The lowest BCUT2D eigenvalue weighted by Gasteiger charge is -2.28. The Morgan fingerprint density at radius 2 is 2.23 bits per heavy atom.